The number of nitriles is 7. The maximum absolute atomic E-state index is 15.2. The molecule has 7 aliphatic heterocycles. The van der Waals surface area contributed by atoms with Gasteiger partial charge in [0.15, 0.2) is 0 Å². The average molecular weight is 2010 g/mol. The van der Waals surface area contributed by atoms with Gasteiger partial charge < -0.3 is 44.7 Å². The Balaban J connectivity index is 0.000000175. The second kappa shape index (κ2) is 51.1. The summed E-state index contributed by atoms with van der Waals surface area (Å²) in [5, 5.41) is 78.6. The van der Waals surface area contributed by atoms with Gasteiger partial charge in [-0.25, -0.2) is 37.5 Å². The number of pyridine rings is 2. The zero-order valence-corrected chi connectivity index (χ0v) is 85.4. The van der Waals surface area contributed by atoms with Gasteiger partial charge in [0.05, 0.1) is 87.0 Å². The van der Waals surface area contributed by atoms with Crippen LogP contribution in [-0.2, 0) is 57.2 Å². The Kier molecular flexibility index (Phi) is 39.6. The molecule has 4 fully saturated rings. The molecule has 29 nitrogen and oxygen atoms in total. The first-order chi connectivity index (χ1) is 68.8. The van der Waals surface area contributed by atoms with Crippen molar-refractivity contribution in [3.63, 3.8) is 0 Å². The number of aryl methyl sites for hydroxylation is 2. The van der Waals surface area contributed by atoms with Crippen LogP contribution < -0.4 is 20.1 Å². The molecule has 4 saturated heterocycles. The smallest absolute Gasteiger partial charge is 0.410 e. The number of aromatic nitrogens is 2. The quantitative estimate of drug-likeness (QED) is 0.0669. The van der Waals surface area contributed by atoms with E-state index in [1.54, 1.807) is 161 Å². The summed E-state index contributed by atoms with van der Waals surface area (Å²) in [6.45, 7) is 27.2. The summed E-state index contributed by atoms with van der Waals surface area (Å²) in [5.74, 6) is 0.566. The van der Waals surface area contributed by atoms with Crippen molar-refractivity contribution in [1.82, 2.24) is 43.9 Å². The third-order valence-electron chi connectivity index (χ3n) is 24.7. The summed E-state index contributed by atoms with van der Waals surface area (Å²) in [7, 11) is -7.42. The van der Waals surface area contributed by atoms with Crippen molar-refractivity contribution in [3.8, 4) is 42.5 Å². The lowest BCUT2D eigenvalue weighted by molar-refractivity contribution is -0.0357. The number of carbonyl (C=O) groups excluding carboxylic acids is 3. The lowest BCUT2D eigenvalue weighted by atomic mass is 9.84. The van der Waals surface area contributed by atoms with Gasteiger partial charge in [-0.2, -0.15) is 62.3 Å². The molecule has 7 aliphatic rings. The summed E-state index contributed by atoms with van der Waals surface area (Å²) in [5.41, 5.74) is 8.41. The average Bonchev–Trinajstić information content (AvgIpc) is 0.807. The molecule has 758 valence electrons. The Morgan fingerprint density at radius 1 is 0.359 bits per heavy atom. The molecule has 0 spiro atoms. The molecule has 0 aliphatic carbocycles. The molecule has 145 heavy (non-hydrogen) atoms. The molecule has 0 atom stereocenters. The minimum atomic E-state index is -3.79. The largest absolute Gasteiger partial charge is 0.444 e. The first-order valence-electron chi connectivity index (χ1n) is 48.0. The second-order valence-electron chi connectivity index (χ2n) is 38.8. The van der Waals surface area contributed by atoms with Crippen LogP contribution in [-0.4, -0.2) is 182 Å². The molecule has 34 heteroatoms. The van der Waals surface area contributed by atoms with Crippen molar-refractivity contribution in [1.29, 1.82) is 36.8 Å². The fourth-order valence-corrected chi connectivity index (χ4v) is 18.8. The van der Waals surface area contributed by atoms with E-state index in [4.69, 9.17) is 51.0 Å². The Morgan fingerprint density at radius 3 is 0.972 bits per heavy atom. The summed E-state index contributed by atoms with van der Waals surface area (Å²) in [4.78, 5) is 49.2. The van der Waals surface area contributed by atoms with Gasteiger partial charge in [0.1, 0.15) is 45.4 Å². The lowest BCUT2D eigenvalue weighted by Gasteiger charge is -2.38. The SMILES string of the molecule is CC(C)(C)OC(=O)N1CC=C(c2ccc(C#N)cc2)CC1.CC(C)(C)OC(=O)N1CCC(F)(c2ccc(C#N)cc2)CC1.CC(C)(C)OC(=O)N1CCC(O)(c2ccc(C#N)cc2)CC1.Cc1cccc(NS(=O)(=O)N2CC=C(c3ccc(C#N)cc3)CC2)n1.Cc1cccc(NS(=O)(=O)N2CCC(F)(c3ccc(C#N)cc3)CC2)n1.N#Cc1ccc(C2(F)CCNCC2)cc1.N#Cc1ccc(C2=CCNCC2)cc1. The Bertz CT molecular complexity index is 6470. The van der Waals surface area contributed by atoms with Crippen LogP contribution in [0.15, 0.2) is 224 Å². The highest BCUT2D eigenvalue weighted by Crippen LogP contribution is 2.42. The fraction of sp³-hybridized carbons (Fsp3) is 0.387. The van der Waals surface area contributed by atoms with Crippen LogP contribution in [0.25, 0.3) is 16.7 Å². The summed E-state index contributed by atoms with van der Waals surface area (Å²) >= 11 is 0. The van der Waals surface area contributed by atoms with Crippen molar-refractivity contribution in [2.75, 3.05) is 101 Å². The number of aliphatic hydroxyl groups is 1. The van der Waals surface area contributed by atoms with Gasteiger partial charge in [-0.3, -0.25) is 9.44 Å². The molecule has 2 aromatic heterocycles. The van der Waals surface area contributed by atoms with E-state index >= 15 is 8.78 Å². The van der Waals surface area contributed by atoms with Crippen LogP contribution in [0.3, 0.4) is 0 Å². The zero-order chi connectivity index (χ0) is 105. The number of hydrogen-bond acceptors (Lipinski definition) is 22. The molecule has 9 aromatic rings. The first-order valence-corrected chi connectivity index (χ1v) is 50.9. The van der Waals surface area contributed by atoms with Gasteiger partial charge in [-0.1, -0.05) is 115 Å². The third kappa shape index (κ3) is 34.0. The van der Waals surface area contributed by atoms with E-state index in [1.165, 1.54) is 25.3 Å². The van der Waals surface area contributed by atoms with Crippen LogP contribution in [0.1, 0.15) is 222 Å². The van der Waals surface area contributed by atoms with Gasteiger partial charge >= 0.3 is 38.7 Å². The van der Waals surface area contributed by atoms with Crippen LogP contribution in [0.4, 0.5) is 39.2 Å². The highest BCUT2D eigenvalue weighted by atomic mass is 32.2. The van der Waals surface area contributed by atoms with Crippen LogP contribution >= 0.6 is 0 Å². The Hall–Kier alpha value is -14.6. The number of rotatable bonds is 13. The predicted octanol–water partition coefficient (Wildman–Crippen LogP) is 19.7. The van der Waals surface area contributed by atoms with Crippen molar-refractivity contribution < 1.29 is 63.7 Å². The van der Waals surface area contributed by atoms with Crippen LogP contribution in [0.5, 0.6) is 0 Å². The minimum Gasteiger partial charge on any atom is -0.444 e. The lowest BCUT2D eigenvalue weighted by Crippen LogP contribution is -2.46. The number of anilines is 2. The number of halogens is 3. The van der Waals surface area contributed by atoms with E-state index in [0.29, 0.717) is 146 Å². The van der Waals surface area contributed by atoms with E-state index < -0.39 is 65.9 Å². The monoisotopic (exact) mass is 2010 g/mol. The number of benzene rings is 7. The molecular formula is C111H125F3N18O11S2. The summed E-state index contributed by atoms with van der Waals surface area (Å²) in [6.07, 6.45) is 10.2. The number of nitrogens with one attached hydrogen (secondary N) is 4. The molecule has 0 unspecified atom stereocenters. The number of alkyl halides is 3. The van der Waals surface area contributed by atoms with E-state index in [2.05, 4.69) is 66.5 Å². The van der Waals surface area contributed by atoms with Gasteiger partial charge in [0.2, 0.25) is 0 Å². The first kappa shape index (κ1) is 112. The predicted molar refractivity (Wildman–Crippen MR) is 550 cm³/mol. The van der Waals surface area contributed by atoms with Gasteiger partial charge in [-0.05, 0) is 318 Å². The number of ether oxygens (including phenoxy) is 3. The minimum absolute atomic E-state index is 0.0566. The van der Waals surface area contributed by atoms with E-state index in [9.17, 15) is 40.7 Å². The van der Waals surface area contributed by atoms with Crippen molar-refractivity contribution in [3.05, 3.63) is 314 Å². The molecule has 0 radical (unpaired) electrons. The molecule has 0 bridgehead atoms. The topological polar surface area (TPSA) is 424 Å². The maximum atomic E-state index is 15.2. The third-order valence-corrected chi connectivity index (χ3v) is 27.7. The van der Waals surface area contributed by atoms with Crippen LogP contribution in [0.2, 0.25) is 0 Å². The Morgan fingerprint density at radius 2 is 0.662 bits per heavy atom. The fourth-order valence-electron chi connectivity index (χ4n) is 16.5. The molecule has 3 amide bonds. The molecule has 7 aromatic carbocycles. The normalized spacial score (nSPS) is 16.9. The molecule has 16 rings (SSSR count). The number of piperidine rings is 4. The van der Waals surface area contributed by atoms with Crippen molar-refractivity contribution in [2.45, 2.75) is 186 Å². The van der Waals surface area contributed by atoms with Crippen molar-refractivity contribution in [2.24, 2.45) is 0 Å². The molecular weight excluding hydrogens is 1880 g/mol. The van der Waals surface area contributed by atoms with E-state index in [-0.39, 0.29) is 56.8 Å². The zero-order valence-electron chi connectivity index (χ0n) is 83.8. The number of likely N-dealkylation sites (tertiary alicyclic amines) is 2. The summed E-state index contributed by atoms with van der Waals surface area (Å²) in [6, 6.07) is 74.0. The number of carbonyl (C=O) groups is 3. The van der Waals surface area contributed by atoms with Crippen LogP contribution in [0, 0.1) is 93.2 Å². The Labute approximate surface area is 849 Å². The number of nitrogens with zero attached hydrogens (tertiary/aromatic N) is 14. The highest BCUT2D eigenvalue weighted by Gasteiger charge is 2.43. The molecule has 0 saturated carbocycles. The van der Waals surface area contributed by atoms with Gasteiger partial charge in [0.25, 0.3) is 0 Å². The van der Waals surface area contributed by atoms with Crippen molar-refractivity contribution >= 4 is 67.1 Å². The van der Waals surface area contributed by atoms with Gasteiger partial charge in [-0.15, -0.1) is 0 Å². The second-order valence-corrected chi connectivity index (χ2v) is 42.1. The number of hydrogen-bond donors (Lipinski definition) is 5. The molecule has 9 heterocycles. The standard InChI is InChI=1S/C18H19FN4O2S.C18H18N4O2S.C17H21FN2O2.C17H22N2O3.C17H20N2O2.C12H13FN2.C12H12N2/c1-14-3-2-4-17(21-14)22-26(24,25)23-11-9-18(19,10-12-23)16-7-5-15(13-20)6-8-16;1-14-3-2-4-18(20-14)21-25(23,24)22-11-9-17(10-12-22)16-7-5-15(13-19)6-8-16;1-16(2,3)22-15(21)20-10-8-17(18,9-11-20)14-6-4-13(12-19)5-7-14;1-16(2,3)22-15(20)19-10-8-17(21,9-11-19)14-6-4-13(12-18)5-7-14;1-17(2,3)21-16(20)19-10-8-15(9-11-19)14-6-4-13(12-18)5-7-14;13-12(5-7-15-8-6-12)11-3-1-10(9-14)2-4-11;13-9-10-1-3-11(4-2-10)12-5-7-14-8-6-12/h2-8H,9-12H2,1H3,(H,21,22);2-9H,10-12H2,1H3,(H,20,21);4-7H,8-11H2,1-3H3;4-7,21H,8-11H2,1-3H3;4-8H,9-11H2,1-3H3;1-4,15H,5-8H2;1-5,14H,6-8H2. The number of amides is 3. The van der Waals surface area contributed by atoms with E-state index in [1.807, 2.05) is 160 Å². The van der Waals surface area contributed by atoms with Gasteiger partial charge in [0, 0.05) is 96.2 Å². The maximum Gasteiger partial charge on any atom is 0.410 e. The molecule has 5 N–H and O–H groups in total. The van der Waals surface area contributed by atoms with E-state index in [0.717, 1.165) is 72.5 Å². The highest BCUT2D eigenvalue weighted by molar-refractivity contribution is 7.90. The summed E-state index contributed by atoms with van der Waals surface area (Å²) < 4.78 is 118.